The number of carbonyl (C=O) groups is 2. The molecule has 142 valence electrons. The van der Waals surface area contributed by atoms with Crippen LogP contribution in [0.1, 0.15) is 30.9 Å². The average molecular weight is 367 g/mol. The minimum Gasteiger partial charge on any atom is -0.464 e. The van der Waals surface area contributed by atoms with Crippen molar-refractivity contribution < 1.29 is 19.1 Å². The third kappa shape index (κ3) is 4.30. The second-order valence-electron chi connectivity index (χ2n) is 6.71. The molecule has 0 aromatic heterocycles. The van der Waals surface area contributed by atoms with Crippen molar-refractivity contribution >= 4 is 12.1 Å². The van der Waals surface area contributed by atoms with Gasteiger partial charge in [0, 0.05) is 13.0 Å². The molecule has 27 heavy (non-hydrogen) atoms. The first-order valence-electron chi connectivity index (χ1n) is 9.35. The van der Waals surface area contributed by atoms with Crippen LogP contribution in [0.3, 0.4) is 0 Å². The van der Waals surface area contributed by atoms with Gasteiger partial charge in [0.15, 0.2) is 0 Å². The number of esters is 1. The standard InChI is InChI=1S/C22H25NO4/c1-2-26-20(24)22(16-18-10-5-3-6-11-18)14-9-15-23(22)21(25)27-17-19-12-7-4-8-13-19/h3-8,10-13H,2,9,14-17H2,1H3/t22-/m0/s1. The smallest absolute Gasteiger partial charge is 0.411 e. The van der Waals surface area contributed by atoms with E-state index in [0.717, 1.165) is 17.5 Å². The van der Waals surface area contributed by atoms with Crippen molar-refractivity contribution in [2.75, 3.05) is 13.2 Å². The van der Waals surface area contributed by atoms with Gasteiger partial charge in [-0.05, 0) is 30.9 Å². The lowest BCUT2D eigenvalue weighted by atomic mass is 9.88. The molecular weight excluding hydrogens is 342 g/mol. The van der Waals surface area contributed by atoms with E-state index in [1.165, 1.54) is 0 Å². The van der Waals surface area contributed by atoms with E-state index < -0.39 is 11.6 Å². The molecule has 0 radical (unpaired) electrons. The predicted molar refractivity (Wildman–Crippen MR) is 102 cm³/mol. The molecule has 0 saturated carbocycles. The Labute approximate surface area is 159 Å². The highest BCUT2D eigenvalue weighted by molar-refractivity contribution is 5.87. The van der Waals surface area contributed by atoms with Gasteiger partial charge >= 0.3 is 12.1 Å². The average Bonchev–Trinajstić information content (AvgIpc) is 3.13. The molecule has 2 aromatic carbocycles. The van der Waals surface area contributed by atoms with E-state index in [0.29, 0.717) is 19.4 Å². The van der Waals surface area contributed by atoms with Crippen LogP contribution in [0, 0.1) is 0 Å². The number of amides is 1. The molecule has 5 nitrogen and oxygen atoms in total. The first kappa shape index (κ1) is 19.0. The summed E-state index contributed by atoms with van der Waals surface area (Å²) in [5.41, 5.74) is 0.897. The maximum absolute atomic E-state index is 12.9. The third-order valence-corrected chi connectivity index (χ3v) is 4.91. The molecule has 1 aliphatic rings. The lowest BCUT2D eigenvalue weighted by Gasteiger charge is -2.35. The van der Waals surface area contributed by atoms with Gasteiger partial charge in [0.1, 0.15) is 12.1 Å². The second-order valence-corrected chi connectivity index (χ2v) is 6.71. The van der Waals surface area contributed by atoms with E-state index in [2.05, 4.69) is 0 Å². The Bertz CT molecular complexity index is 762. The molecule has 5 heteroatoms. The van der Waals surface area contributed by atoms with Crippen LogP contribution >= 0.6 is 0 Å². The first-order chi connectivity index (χ1) is 13.2. The van der Waals surface area contributed by atoms with Crippen molar-refractivity contribution in [3.05, 3.63) is 71.8 Å². The summed E-state index contributed by atoms with van der Waals surface area (Å²) in [5, 5.41) is 0. The highest BCUT2D eigenvalue weighted by atomic mass is 16.6. The molecule has 1 fully saturated rings. The third-order valence-electron chi connectivity index (χ3n) is 4.91. The highest BCUT2D eigenvalue weighted by Crippen LogP contribution is 2.35. The fourth-order valence-electron chi connectivity index (χ4n) is 3.61. The summed E-state index contributed by atoms with van der Waals surface area (Å²) in [6.07, 6.45) is 1.26. The van der Waals surface area contributed by atoms with Gasteiger partial charge in [-0.25, -0.2) is 9.59 Å². The largest absolute Gasteiger partial charge is 0.464 e. The van der Waals surface area contributed by atoms with Gasteiger partial charge in [0.25, 0.3) is 0 Å². The van der Waals surface area contributed by atoms with Crippen LogP contribution in [0.25, 0.3) is 0 Å². The van der Waals surface area contributed by atoms with Gasteiger partial charge in [-0.1, -0.05) is 60.7 Å². The number of ether oxygens (including phenoxy) is 2. The van der Waals surface area contributed by atoms with E-state index in [-0.39, 0.29) is 19.2 Å². The minimum atomic E-state index is -1.01. The normalized spacial score (nSPS) is 18.9. The number of nitrogens with zero attached hydrogens (tertiary/aromatic N) is 1. The number of hydrogen-bond donors (Lipinski definition) is 0. The quantitative estimate of drug-likeness (QED) is 0.725. The van der Waals surface area contributed by atoms with Gasteiger partial charge in [0.2, 0.25) is 0 Å². The van der Waals surface area contributed by atoms with Gasteiger partial charge in [-0.3, -0.25) is 4.90 Å². The maximum Gasteiger partial charge on any atom is 0.411 e. The number of likely N-dealkylation sites (tertiary alicyclic amines) is 1. The molecule has 1 amide bonds. The minimum absolute atomic E-state index is 0.181. The van der Waals surface area contributed by atoms with Crippen molar-refractivity contribution in [1.82, 2.24) is 4.90 Å². The summed E-state index contributed by atoms with van der Waals surface area (Å²) < 4.78 is 10.9. The summed E-state index contributed by atoms with van der Waals surface area (Å²) >= 11 is 0. The zero-order valence-corrected chi connectivity index (χ0v) is 15.6. The Kier molecular flexibility index (Phi) is 6.12. The van der Waals surface area contributed by atoms with E-state index in [1.807, 2.05) is 60.7 Å². The van der Waals surface area contributed by atoms with Gasteiger partial charge < -0.3 is 9.47 Å². The molecule has 2 aromatic rings. The van der Waals surface area contributed by atoms with Crippen molar-refractivity contribution in [3.63, 3.8) is 0 Å². The Morgan fingerprint density at radius 1 is 0.963 bits per heavy atom. The second kappa shape index (κ2) is 8.71. The van der Waals surface area contributed by atoms with E-state index in [9.17, 15) is 9.59 Å². The topological polar surface area (TPSA) is 55.8 Å². The summed E-state index contributed by atoms with van der Waals surface area (Å²) in [7, 11) is 0. The Hall–Kier alpha value is -2.82. The van der Waals surface area contributed by atoms with Crippen molar-refractivity contribution in [2.45, 2.75) is 38.3 Å². The molecule has 1 aliphatic heterocycles. The zero-order chi connectivity index (χ0) is 19.1. The number of hydrogen-bond acceptors (Lipinski definition) is 4. The number of rotatable bonds is 6. The van der Waals surface area contributed by atoms with Gasteiger partial charge in [-0.2, -0.15) is 0 Å². The molecule has 1 heterocycles. The lowest BCUT2D eigenvalue weighted by molar-refractivity contribution is -0.155. The van der Waals surface area contributed by atoms with E-state index >= 15 is 0 Å². The van der Waals surface area contributed by atoms with Crippen molar-refractivity contribution in [1.29, 1.82) is 0 Å². The van der Waals surface area contributed by atoms with Gasteiger partial charge in [-0.15, -0.1) is 0 Å². The summed E-state index contributed by atoms with van der Waals surface area (Å²) in [4.78, 5) is 27.3. The van der Waals surface area contributed by atoms with Crippen molar-refractivity contribution in [3.8, 4) is 0 Å². The van der Waals surface area contributed by atoms with Crippen LogP contribution in [0.2, 0.25) is 0 Å². The predicted octanol–water partition coefficient (Wildman–Crippen LogP) is 3.96. The Morgan fingerprint density at radius 2 is 1.59 bits per heavy atom. The molecule has 0 spiro atoms. The van der Waals surface area contributed by atoms with E-state index in [4.69, 9.17) is 9.47 Å². The monoisotopic (exact) mass is 367 g/mol. The molecule has 1 saturated heterocycles. The summed E-state index contributed by atoms with van der Waals surface area (Å²) in [6, 6.07) is 19.2. The molecule has 0 bridgehead atoms. The number of carbonyl (C=O) groups excluding carboxylic acids is 2. The lowest BCUT2D eigenvalue weighted by Crippen LogP contribution is -2.55. The van der Waals surface area contributed by atoms with Crippen LogP contribution in [0.5, 0.6) is 0 Å². The molecule has 3 rings (SSSR count). The van der Waals surface area contributed by atoms with Crippen LogP contribution < -0.4 is 0 Å². The Balaban J connectivity index is 1.80. The molecule has 0 N–H and O–H groups in total. The molecule has 1 atom stereocenters. The zero-order valence-electron chi connectivity index (χ0n) is 15.6. The van der Waals surface area contributed by atoms with E-state index in [1.54, 1.807) is 11.8 Å². The molecule has 0 unspecified atom stereocenters. The Morgan fingerprint density at radius 3 is 2.22 bits per heavy atom. The highest BCUT2D eigenvalue weighted by Gasteiger charge is 2.51. The number of benzene rings is 2. The molecule has 0 aliphatic carbocycles. The van der Waals surface area contributed by atoms with Gasteiger partial charge in [0.05, 0.1) is 6.61 Å². The van der Waals surface area contributed by atoms with Crippen LogP contribution in [0.4, 0.5) is 4.79 Å². The van der Waals surface area contributed by atoms with Crippen molar-refractivity contribution in [2.24, 2.45) is 0 Å². The van der Waals surface area contributed by atoms with Crippen LogP contribution in [0.15, 0.2) is 60.7 Å². The van der Waals surface area contributed by atoms with Crippen LogP contribution in [-0.2, 0) is 27.3 Å². The summed E-state index contributed by atoms with van der Waals surface area (Å²) in [5.74, 6) is -0.358. The fourth-order valence-corrected chi connectivity index (χ4v) is 3.61. The summed E-state index contributed by atoms with van der Waals surface area (Å²) in [6.45, 7) is 2.73. The molecular formula is C22H25NO4. The maximum atomic E-state index is 12.9. The first-order valence-corrected chi connectivity index (χ1v) is 9.35. The SMILES string of the molecule is CCOC(=O)[C@@]1(Cc2ccccc2)CCCN1C(=O)OCc1ccccc1. The fraction of sp³-hybridized carbons (Fsp3) is 0.364. The van der Waals surface area contributed by atoms with Crippen LogP contribution in [-0.4, -0.2) is 35.7 Å².